The van der Waals surface area contributed by atoms with Crippen molar-refractivity contribution in [2.75, 3.05) is 0 Å². The maximum atomic E-state index is 10.8. The van der Waals surface area contributed by atoms with Crippen LogP contribution in [-0.4, -0.2) is 6.29 Å². The Bertz CT molecular complexity index is 540. The van der Waals surface area contributed by atoms with E-state index in [2.05, 4.69) is 6.07 Å². The van der Waals surface area contributed by atoms with Gasteiger partial charge in [0.1, 0.15) is 0 Å². The Balaban J connectivity index is 2.10. The molecule has 0 N–H and O–H groups in total. The molecule has 1 aromatic heterocycles. The molecule has 3 rings (SSSR count). The fraction of sp³-hybridized carbons (Fsp3) is 0.154. The van der Waals surface area contributed by atoms with Crippen LogP contribution in [0.3, 0.4) is 0 Å². The largest absolute Gasteiger partial charge is 0.461 e. The van der Waals surface area contributed by atoms with E-state index in [0.29, 0.717) is 19.0 Å². The molecule has 1 aromatic carbocycles. The van der Waals surface area contributed by atoms with Crippen molar-refractivity contribution in [3.8, 4) is 11.1 Å². The van der Waals surface area contributed by atoms with Gasteiger partial charge in [-0.15, -0.1) is 0 Å². The summed E-state index contributed by atoms with van der Waals surface area (Å²) in [5, 5.41) is 0. The van der Waals surface area contributed by atoms with Gasteiger partial charge in [-0.25, -0.2) is 0 Å². The van der Waals surface area contributed by atoms with E-state index in [1.807, 2.05) is 12.1 Å². The summed E-state index contributed by atoms with van der Waals surface area (Å²) in [6.45, 7) is 1.33. The third-order valence-corrected chi connectivity index (χ3v) is 2.83. The first-order valence-corrected chi connectivity index (χ1v) is 5.11. The predicted octanol–water partition coefficient (Wildman–Crippen LogP) is 2.79. The number of rotatable bonds is 2. The first-order chi connectivity index (χ1) is 7.88. The molecule has 16 heavy (non-hydrogen) atoms. The zero-order chi connectivity index (χ0) is 11.0. The van der Waals surface area contributed by atoms with Crippen molar-refractivity contribution in [1.29, 1.82) is 0 Å². The van der Waals surface area contributed by atoms with Gasteiger partial charge < -0.3 is 9.15 Å². The van der Waals surface area contributed by atoms with Gasteiger partial charge in [0.25, 0.3) is 0 Å². The maximum absolute atomic E-state index is 10.8. The average Bonchev–Trinajstić information content (AvgIpc) is 2.96. The molecular formula is C13H10O3. The number of carbonyl (C=O) groups is 1. The number of ether oxygens (including phenoxy) is 1. The van der Waals surface area contributed by atoms with Gasteiger partial charge in [-0.3, -0.25) is 4.79 Å². The summed E-state index contributed by atoms with van der Waals surface area (Å²) in [5.74, 6) is 0.374. The topological polar surface area (TPSA) is 39.4 Å². The molecule has 0 saturated carbocycles. The highest BCUT2D eigenvalue weighted by atomic mass is 16.5. The van der Waals surface area contributed by atoms with Crippen molar-refractivity contribution in [2.24, 2.45) is 0 Å². The Kier molecular flexibility index (Phi) is 2.11. The van der Waals surface area contributed by atoms with Gasteiger partial charge >= 0.3 is 0 Å². The number of fused-ring (bicyclic) bond motifs is 1. The van der Waals surface area contributed by atoms with Crippen molar-refractivity contribution in [2.45, 2.75) is 13.2 Å². The van der Waals surface area contributed by atoms with Crippen molar-refractivity contribution in [3.05, 3.63) is 47.4 Å². The van der Waals surface area contributed by atoms with E-state index in [9.17, 15) is 4.79 Å². The zero-order valence-corrected chi connectivity index (χ0v) is 8.60. The lowest BCUT2D eigenvalue weighted by Gasteiger charge is -2.01. The second-order valence-corrected chi connectivity index (χ2v) is 3.79. The van der Waals surface area contributed by atoms with Crippen LogP contribution in [0.1, 0.15) is 21.7 Å². The summed E-state index contributed by atoms with van der Waals surface area (Å²) < 4.78 is 10.4. The highest BCUT2D eigenvalue weighted by molar-refractivity contribution is 5.84. The van der Waals surface area contributed by atoms with Crippen LogP contribution in [-0.2, 0) is 18.0 Å². The third kappa shape index (κ3) is 1.37. The summed E-state index contributed by atoms with van der Waals surface area (Å²) in [5.41, 5.74) is 4.25. The van der Waals surface area contributed by atoms with Crippen LogP contribution in [0.2, 0.25) is 0 Å². The summed E-state index contributed by atoms with van der Waals surface area (Å²) in [6.07, 6.45) is 2.27. The standard InChI is InChI=1S/C13H10O3/c14-6-13-12(3-4-16-13)9-1-2-10-7-15-8-11(10)5-9/h1-6H,7-8H2. The van der Waals surface area contributed by atoms with E-state index in [0.717, 1.165) is 17.4 Å². The van der Waals surface area contributed by atoms with Crippen LogP contribution < -0.4 is 0 Å². The van der Waals surface area contributed by atoms with Crippen molar-refractivity contribution < 1.29 is 13.9 Å². The first kappa shape index (κ1) is 9.36. The summed E-state index contributed by atoms with van der Waals surface area (Å²) in [7, 11) is 0. The molecule has 2 aromatic rings. The fourth-order valence-electron chi connectivity index (χ4n) is 1.99. The third-order valence-electron chi connectivity index (χ3n) is 2.83. The average molecular weight is 214 g/mol. The SMILES string of the molecule is O=Cc1occc1-c1ccc2c(c1)COC2. The summed E-state index contributed by atoms with van der Waals surface area (Å²) in [4.78, 5) is 10.8. The van der Waals surface area contributed by atoms with Gasteiger partial charge in [-0.2, -0.15) is 0 Å². The Morgan fingerprint density at radius 1 is 1.12 bits per heavy atom. The second kappa shape index (κ2) is 3.61. The van der Waals surface area contributed by atoms with Crippen LogP contribution in [0.5, 0.6) is 0 Å². The Morgan fingerprint density at radius 3 is 2.88 bits per heavy atom. The van der Waals surface area contributed by atoms with E-state index in [-0.39, 0.29) is 0 Å². The number of aldehydes is 1. The van der Waals surface area contributed by atoms with Gasteiger partial charge in [0, 0.05) is 5.56 Å². The minimum Gasteiger partial charge on any atom is -0.461 e. The van der Waals surface area contributed by atoms with Gasteiger partial charge in [-0.1, -0.05) is 12.1 Å². The monoisotopic (exact) mass is 214 g/mol. The normalized spacial score (nSPS) is 13.8. The van der Waals surface area contributed by atoms with E-state index in [1.165, 1.54) is 17.4 Å². The maximum Gasteiger partial charge on any atom is 0.185 e. The molecule has 0 aliphatic carbocycles. The van der Waals surface area contributed by atoms with E-state index >= 15 is 0 Å². The molecule has 0 atom stereocenters. The van der Waals surface area contributed by atoms with Gasteiger partial charge in [-0.05, 0) is 28.8 Å². The van der Waals surface area contributed by atoms with Crippen molar-refractivity contribution in [1.82, 2.24) is 0 Å². The number of carbonyl (C=O) groups excluding carboxylic acids is 1. The molecule has 1 aliphatic heterocycles. The Hall–Kier alpha value is -1.87. The lowest BCUT2D eigenvalue weighted by atomic mass is 10.0. The minimum atomic E-state index is 0.374. The van der Waals surface area contributed by atoms with E-state index < -0.39 is 0 Å². The Morgan fingerprint density at radius 2 is 2.00 bits per heavy atom. The first-order valence-electron chi connectivity index (χ1n) is 5.11. The van der Waals surface area contributed by atoms with Crippen LogP contribution in [0.4, 0.5) is 0 Å². The van der Waals surface area contributed by atoms with Crippen LogP contribution in [0, 0.1) is 0 Å². The molecule has 0 radical (unpaired) electrons. The quantitative estimate of drug-likeness (QED) is 0.721. The molecule has 1 aliphatic rings. The molecule has 0 amide bonds. The van der Waals surface area contributed by atoms with Gasteiger partial charge in [0.15, 0.2) is 12.0 Å². The molecule has 0 unspecified atom stereocenters. The van der Waals surface area contributed by atoms with E-state index in [4.69, 9.17) is 9.15 Å². The number of furan rings is 1. The highest BCUT2D eigenvalue weighted by Crippen LogP contribution is 2.29. The lowest BCUT2D eigenvalue weighted by molar-refractivity contribution is 0.110. The molecule has 0 spiro atoms. The van der Waals surface area contributed by atoms with Gasteiger partial charge in [0.05, 0.1) is 19.5 Å². The summed E-state index contributed by atoms with van der Waals surface area (Å²) >= 11 is 0. The lowest BCUT2D eigenvalue weighted by Crippen LogP contribution is -1.86. The fourth-order valence-corrected chi connectivity index (χ4v) is 1.99. The number of benzene rings is 1. The predicted molar refractivity (Wildman–Crippen MR) is 58.0 cm³/mol. The van der Waals surface area contributed by atoms with Crippen LogP contribution in [0.15, 0.2) is 34.9 Å². The van der Waals surface area contributed by atoms with Crippen LogP contribution in [0.25, 0.3) is 11.1 Å². The zero-order valence-electron chi connectivity index (χ0n) is 8.60. The number of hydrogen-bond donors (Lipinski definition) is 0. The molecule has 3 heteroatoms. The molecule has 3 nitrogen and oxygen atoms in total. The second-order valence-electron chi connectivity index (χ2n) is 3.79. The molecular weight excluding hydrogens is 204 g/mol. The van der Waals surface area contributed by atoms with Gasteiger partial charge in [0.2, 0.25) is 0 Å². The molecule has 0 saturated heterocycles. The molecule has 0 bridgehead atoms. The molecule has 2 heterocycles. The van der Waals surface area contributed by atoms with Crippen molar-refractivity contribution >= 4 is 6.29 Å². The smallest absolute Gasteiger partial charge is 0.185 e. The Labute approximate surface area is 92.6 Å². The number of hydrogen-bond acceptors (Lipinski definition) is 3. The molecule has 0 fully saturated rings. The summed E-state index contributed by atoms with van der Waals surface area (Å²) in [6, 6.07) is 7.89. The van der Waals surface area contributed by atoms with Crippen LogP contribution >= 0.6 is 0 Å². The highest BCUT2D eigenvalue weighted by Gasteiger charge is 2.14. The van der Waals surface area contributed by atoms with E-state index in [1.54, 1.807) is 6.07 Å². The molecule has 80 valence electrons. The minimum absolute atomic E-state index is 0.374. The van der Waals surface area contributed by atoms with Crippen molar-refractivity contribution in [3.63, 3.8) is 0 Å².